The maximum absolute atomic E-state index is 12.0. The van der Waals surface area contributed by atoms with Gasteiger partial charge in [0.05, 0.1) is 12.8 Å². The van der Waals surface area contributed by atoms with E-state index >= 15 is 0 Å². The molecular formula is C13H18N2O2. The van der Waals surface area contributed by atoms with E-state index < -0.39 is 0 Å². The zero-order valence-electron chi connectivity index (χ0n) is 10.0. The van der Waals surface area contributed by atoms with Crippen LogP contribution in [0, 0.1) is 5.92 Å². The van der Waals surface area contributed by atoms with Crippen molar-refractivity contribution in [3.8, 4) is 5.75 Å². The summed E-state index contributed by atoms with van der Waals surface area (Å²) < 4.78 is 5.21. The van der Waals surface area contributed by atoms with Gasteiger partial charge in [-0.15, -0.1) is 0 Å². The number of nitrogens with one attached hydrogen (secondary N) is 2. The van der Waals surface area contributed by atoms with Gasteiger partial charge in [0.2, 0.25) is 5.91 Å². The van der Waals surface area contributed by atoms with E-state index in [4.69, 9.17) is 4.74 Å². The molecule has 1 heterocycles. The van der Waals surface area contributed by atoms with Crippen LogP contribution in [0.2, 0.25) is 0 Å². The van der Waals surface area contributed by atoms with Crippen LogP contribution in [0.15, 0.2) is 24.3 Å². The first kappa shape index (κ1) is 11.9. The topological polar surface area (TPSA) is 50.4 Å². The lowest BCUT2D eigenvalue weighted by atomic mass is 9.97. The van der Waals surface area contributed by atoms with Crippen molar-refractivity contribution in [2.24, 2.45) is 5.92 Å². The summed E-state index contributed by atoms with van der Waals surface area (Å²) in [4.78, 5) is 12.0. The Labute approximate surface area is 101 Å². The van der Waals surface area contributed by atoms with Crippen LogP contribution in [0.1, 0.15) is 12.8 Å². The Morgan fingerprint density at radius 1 is 1.35 bits per heavy atom. The third-order valence-corrected chi connectivity index (χ3v) is 3.07. The van der Waals surface area contributed by atoms with Crippen LogP contribution in [-0.2, 0) is 4.79 Å². The van der Waals surface area contributed by atoms with Crippen LogP contribution in [-0.4, -0.2) is 26.1 Å². The summed E-state index contributed by atoms with van der Waals surface area (Å²) >= 11 is 0. The normalized spacial score (nSPS) is 16.5. The molecule has 4 nitrogen and oxygen atoms in total. The molecule has 92 valence electrons. The molecule has 1 amide bonds. The number of amides is 1. The number of hydrogen-bond donors (Lipinski definition) is 2. The van der Waals surface area contributed by atoms with Crippen molar-refractivity contribution >= 4 is 11.6 Å². The number of carbonyl (C=O) groups excluding carboxylic acids is 1. The van der Waals surface area contributed by atoms with E-state index in [1.165, 1.54) is 0 Å². The summed E-state index contributed by atoms with van der Waals surface area (Å²) in [6.45, 7) is 1.84. The van der Waals surface area contributed by atoms with Gasteiger partial charge in [-0.25, -0.2) is 0 Å². The van der Waals surface area contributed by atoms with E-state index in [-0.39, 0.29) is 11.8 Å². The van der Waals surface area contributed by atoms with Gasteiger partial charge in [-0.3, -0.25) is 4.79 Å². The van der Waals surface area contributed by atoms with Crippen molar-refractivity contribution in [2.45, 2.75) is 12.8 Å². The average molecular weight is 234 g/mol. The van der Waals surface area contributed by atoms with Crippen LogP contribution in [0.5, 0.6) is 5.75 Å². The number of carbonyl (C=O) groups is 1. The predicted octanol–water partition coefficient (Wildman–Crippen LogP) is 1.63. The Morgan fingerprint density at radius 2 is 2.06 bits per heavy atom. The van der Waals surface area contributed by atoms with E-state index in [1.54, 1.807) is 7.11 Å². The number of rotatable bonds is 3. The summed E-state index contributed by atoms with van der Waals surface area (Å²) in [5, 5.41) is 6.19. The number of ether oxygens (including phenoxy) is 1. The smallest absolute Gasteiger partial charge is 0.227 e. The molecule has 2 N–H and O–H groups in total. The van der Waals surface area contributed by atoms with Crippen molar-refractivity contribution in [3.05, 3.63) is 24.3 Å². The quantitative estimate of drug-likeness (QED) is 0.835. The molecule has 0 aliphatic carbocycles. The molecule has 4 heteroatoms. The van der Waals surface area contributed by atoms with Gasteiger partial charge in [0, 0.05) is 5.92 Å². The molecule has 17 heavy (non-hydrogen) atoms. The second-order valence-corrected chi connectivity index (χ2v) is 4.21. The molecule has 1 aromatic carbocycles. The molecule has 1 aliphatic heterocycles. The van der Waals surface area contributed by atoms with Gasteiger partial charge in [-0.1, -0.05) is 12.1 Å². The largest absolute Gasteiger partial charge is 0.495 e. The lowest BCUT2D eigenvalue weighted by molar-refractivity contribution is -0.120. The van der Waals surface area contributed by atoms with Gasteiger partial charge in [-0.2, -0.15) is 0 Å². The first-order chi connectivity index (χ1) is 8.31. The van der Waals surface area contributed by atoms with Gasteiger partial charge in [0.25, 0.3) is 0 Å². The second kappa shape index (κ2) is 5.68. The minimum absolute atomic E-state index is 0.0935. The highest BCUT2D eigenvalue weighted by molar-refractivity contribution is 5.94. The molecular weight excluding hydrogens is 216 g/mol. The van der Waals surface area contributed by atoms with E-state index in [1.807, 2.05) is 24.3 Å². The summed E-state index contributed by atoms with van der Waals surface area (Å²) in [6, 6.07) is 7.48. The molecule has 0 aromatic heterocycles. The Balaban J connectivity index is 2.01. The van der Waals surface area contributed by atoms with Gasteiger partial charge in [-0.05, 0) is 38.1 Å². The lowest BCUT2D eigenvalue weighted by Gasteiger charge is -2.22. The zero-order valence-corrected chi connectivity index (χ0v) is 10.0. The first-order valence-electron chi connectivity index (χ1n) is 5.96. The maximum Gasteiger partial charge on any atom is 0.227 e. The molecule has 1 saturated heterocycles. The van der Waals surface area contributed by atoms with Crippen molar-refractivity contribution in [2.75, 3.05) is 25.5 Å². The third-order valence-electron chi connectivity index (χ3n) is 3.07. The fourth-order valence-corrected chi connectivity index (χ4v) is 2.07. The third kappa shape index (κ3) is 2.97. The second-order valence-electron chi connectivity index (χ2n) is 4.21. The monoisotopic (exact) mass is 234 g/mol. The van der Waals surface area contributed by atoms with Crippen molar-refractivity contribution in [1.82, 2.24) is 5.32 Å². The van der Waals surface area contributed by atoms with E-state index in [2.05, 4.69) is 10.6 Å². The molecule has 0 radical (unpaired) electrons. The van der Waals surface area contributed by atoms with Crippen LogP contribution >= 0.6 is 0 Å². The highest BCUT2D eigenvalue weighted by atomic mass is 16.5. The fourth-order valence-electron chi connectivity index (χ4n) is 2.07. The summed E-state index contributed by atoms with van der Waals surface area (Å²) in [5.74, 6) is 0.909. The van der Waals surface area contributed by atoms with Crippen molar-refractivity contribution < 1.29 is 9.53 Å². The fraction of sp³-hybridized carbons (Fsp3) is 0.462. The molecule has 1 aliphatic rings. The molecule has 0 atom stereocenters. The number of anilines is 1. The van der Waals surface area contributed by atoms with Crippen molar-refractivity contribution in [3.63, 3.8) is 0 Å². The minimum Gasteiger partial charge on any atom is -0.495 e. The molecule has 1 aromatic rings. The average Bonchev–Trinajstić information content (AvgIpc) is 2.40. The highest BCUT2D eigenvalue weighted by Crippen LogP contribution is 2.24. The summed E-state index contributed by atoms with van der Waals surface area (Å²) in [6.07, 6.45) is 1.81. The van der Waals surface area contributed by atoms with Gasteiger partial charge in [0.1, 0.15) is 5.75 Å². The molecule has 0 bridgehead atoms. The number of benzene rings is 1. The Bertz CT molecular complexity index is 387. The maximum atomic E-state index is 12.0. The number of hydrogen-bond acceptors (Lipinski definition) is 3. The van der Waals surface area contributed by atoms with Gasteiger partial charge in [0.15, 0.2) is 0 Å². The predicted molar refractivity (Wildman–Crippen MR) is 67.2 cm³/mol. The standard InChI is InChI=1S/C13H18N2O2/c1-17-12-5-3-2-4-11(12)15-13(16)10-6-8-14-9-7-10/h2-5,10,14H,6-9H2,1H3,(H,15,16). The first-order valence-corrected chi connectivity index (χ1v) is 5.96. The Hall–Kier alpha value is -1.55. The number of piperidine rings is 1. The summed E-state index contributed by atoms with van der Waals surface area (Å²) in [5.41, 5.74) is 0.749. The van der Waals surface area contributed by atoms with Gasteiger partial charge < -0.3 is 15.4 Å². The van der Waals surface area contributed by atoms with E-state index in [0.717, 1.165) is 31.6 Å². The van der Waals surface area contributed by atoms with Crippen LogP contribution in [0.4, 0.5) is 5.69 Å². The highest BCUT2D eigenvalue weighted by Gasteiger charge is 2.21. The number of para-hydroxylation sites is 2. The van der Waals surface area contributed by atoms with Crippen LogP contribution < -0.4 is 15.4 Å². The van der Waals surface area contributed by atoms with E-state index in [9.17, 15) is 4.79 Å². The van der Waals surface area contributed by atoms with Crippen LogP contribution in [0.3, 0.4) is 0 Å². The molecule has 0 unspecified atom stereocenters. The molecule has 2 rings (SSSR count). The Morgan fingerprint density at radius 3 is 2.76 bits per heavy atom. The zero-order chi connectivity index (χ0) is 12.1. The molecule has 0 saturated carbocycles. The minimum atomic E-state index is 0.0935. The van der Waals surface area contributed by atoms with E-state index in [0.29, 0.717) is 5.75 Å². The number of methoxy groups -OCH3 is 1. The SMILES string of the molecule is COc1ccccc1NC(=O)C1CCNCC1. The van der Waals surface area contributed by atoms with Crippen LogP contribution in [0.25, 0.3) is 0 Å². The lowest BCUT2D eigenvalue weighted by Crippen LogP contribution is -2.34. The Kier molecular flexibility index (Phi) is 3.98. The van der Waals surface area contributed by atoms with Crippen molar-refractivity contribution in [1.29, 1.82) is 0 Å². The molecule has 0 spiro atoms. The molecule has 1 fully saturated rings. The summed E-state index contributed by atoms with van der Waals surface area (Å²) in [7, 11) is 1.61. The van der Waals surface area contributed by atoms with Gasteiger partial charge >= 0.3 is 0 Å².